The zero-order chi connectivity index (χ0) is 20.7. The summed E-state index contributed by atoms with van der Waals surface area (Å²) in [4.78, 5) is -0.614. The molecule has 0 spiro atoms. The minimum Gasteiger partial charge on any atom is -0.282 e. The van der Waals surface area contributed by atoms with E-state index >= 15 is 0 Å². The Bertz CT molecular complexity index is 1330. The fourth-order valence-electron chi connectivity index (χ4n) is 2.74. The Balaban J connectivity index is 2.17. The number of hydrogen-bond donors (Lipinski definition) is 2. The Morgan fingerprint density at radius 2 is 1.39 bits per heavy atom. The smallest absolute Gasteiger partial charge is 0.282 e. The van der Waals surface area contributed by atoms with Crippen molar-refractivity contribution in [1.82, 2.24) is 0 Å². The van der Waals surface area contributed by atoms with Crippen LogP contribution in [0.3, 0.4) is 0 Å². The predicted molar refractivity (Wildman–Crippen MR) is 104 cm³/mol. The zero-order valence-electron chi connectivity index (χ0n) is 14.9. The molecule has 0 saturated heterocycles. The van der Waals surface area contributed by atoms with Crippen LogP contribution < -0.4 is 0 Å². The van der Waals surface area contributed by atoms with Gasteiger partial charge >= 0.3 is 0 Å². The van der Waals surface area contributed by atoms with Crippen LogP contribution in [-0.4, -0.2) is 25.9 Å². The van der Waals surface area contributed by atoms with E-state index in [9.17, 15) is 25.9 Å². The number of aryl methyl sites for hydroxylation is 2. The van der Waals surface area contributed by atoms with Gasteiger partial charge < -0.3 is 0 Å². The molecule has 3 aromatic carbocycles. The molecular formula is C18H16N2O6S2. The van der Waals surface area contributed by atoms with Crippen LogP contribution in [0.5, 0.6) is 0 Å². The molecule has 28 heavy (non-hydrogen) atoms. The summed E-state index contributed by atoms with van der Waals surface area (Å²) in [6.07, 6.45) is 0. The van der Waals surface area contributed by atoms with Crippen molar-refractivity contribution in [1.29, 1.82) is 0 Å². The highest BCUT2D eigenvalue weighted by molar-refractivity contribution is 7.86. The number of benzene rings is 3. The van der Waals surface area contributed by atoms with Gasteiger partial charge in [-0.25, -0.2) is 0 Å². The monoisotopic (exact) mass is 420 g/mol. The lowest BCUT2D eigenvalue weighted by Gasteiger charge is -2.07. The first-order valence-electron chi connectivity index (χ1n) is 7.97. The lowest BCUT2D eigenvalue weighted by Crippen LogP contribution is -1.98. The maximum absolute atomic E-state index is 11.5. The quantitative estimate of drug-likeness (QED) is 0.476. The van der Waals surface area contributed by atoms with Crippen molar-refractivity contribution >= 4 is 42.4 Å². The summed E-state index contributed by atoms with van der Waals surface area (Å²) < 4.78 is 64.4. The molecule has 10 heteroatoms. The first kappa shape index (κ1) is 20.1. The Labute approximate surface area is 162 Å². The SMILES string of the molecule is Cc1ccc(S(=O)(=O)O)c(N=Nc2ccc(C)c3cc(S(=O)(=O)O)ccc23)c1. The summed E-state index contributed by atoms with van der Waals surface area (Å²) in [5.41, 5.74) is 1.83. The molecule has 0 aliphatic carbocycles. The summed E-state index contributed by atoms with van der Waals surface area (Å²) >= 11 is 0. The lowest BCUT2D eigenvalue weighted by molar-refractivity contribution is 0.481. The molecule has 146 valence electrons. The van der Waals surface area contributed by atoms with Crippen LogP contribution in [0, 0.1) is 13.8 Å². The van der Waals surface area contributed by atoms with Crippen molar-refractivity contribution in [3.05, 3.63) is 59.7 Å². The van der Waals surface area contributed by atoms with E-state index in [0.717, 1.165) is 11.1 Å². The summed E-state index contributed by atoms with van der Waals surface area (Å²) in [5, 5.41) is 9.18. The minimum absolute atomic E-state index is 0.0224. The van der Waals surface area contributed by atoms with Gasteiger partial charge in [-0.05, 0) is 60.7 Å². The second-order valence-electron chi connectivity index (χ2n) is 6.23. The minimum atomic E-state index is -4.47. The molecule has 0 heterocycles. The van der Waals surface area contributed by atoms with Crippen LogP contribution in [0.4, 0.5) is 11.4 Å². The second-order valence-corrected chi connectivity index (χ2v) is 9.04. The fraction of sp³-hybridized carbons (Fsp3) is 0.111. The third-order valence-electron chi connectivity index (χ3n) is 4.14. The molecule has 3 aromatic rings. The molecule has 0 fully saturated rings. The van der Waals surface area contributed by atoms with Crippen LogP contribution in [0.1, 0.15) is 11.1 Å². The summed E-state index contributed by atoms with van der Waals surface area (Å²) in [7, 11) is -8.83. The maximum atomic E-state index is 11.5. The van der Waals surface area contributed by atoms with Crippen molar-refractivity contribution in [3.63, 3.8) is 0 Å². The van der Waals surface area contributed by atoms with E-state index in [2.05, 4.69) is 10.2 Å². The van der Waals surface area contributed by atoms with E-state index in [0.29, 0.717) is 16.5 Å². The topological polar surface area (TPSA) is 133 Å². The molecule has 0 aliphatic rings. The van der Waals surface area contributed by atoms with Crippen LogP contribution in [0.15, 0.2) is 68.6 Å². The number of rotatable bonds is 4. The predicted octanol–water partition coefficient (Wildman–Crippen LogP) is 4.37. The van der Waals surface area contributed by atoms with Gasteiger partial charge in [0.25, 0.3) is 20.2 Å². The van der Waals surface area contributed by atoms with E-state index in [1.54, 1.807) is 26.0 Å². The van der Waals surface area contributed by atoms with E-state index in [1.807, 2.05) is 0 Å². The highest BCUT2D eigenvalue weighted by Gasteiger charge is 2.16. The van der Waals surface area contributed by atoms with E-state index in [1.165, 1.54) is 36.4 Å². The number of fused-ring (bicyclic) bond motifs is 1. The van der Waals surface area contributed by atoms with Gasteiger partial charge in [0.05, 0.1) is 10.6 Å². The molecule has 0 unspecified atom stereocenters. The molecular weight excluding hydrogens is 404 g/mol. The van der Waals surface area contributed by atoms with E-state index in [-0.39, 0.29) is 15.5 Å². The largest absolute Gasteiger partial charge is 0.296 e. The molecule has 8 nitrogen and oxygen atoms in total. The Kier molecular flexibility index (Phi) is 5.06. The average Bonchev–Trinajstić information content (AvgIpc) is 2.59. The van der Waals surface area contributed by atoms with Crippen molar-refractivity contribution < 1.29 is 25.9 Å². The first-order valence-corrected chi connectivity index (χ1v) is 10.9. The third kappa shape index (κ3) is 4.09. The standard InChI is InChI=1S/C18H16N2O6S2/c1-11-3-8-18(28(24,25)26)17(9-11)20-19-16-7-4-12(2)15-10-13(27(21,22)23)5-6-14(15)16/h3-10H,1-2H3,(H,21,22,23)(H,24,25,26). The van der Waals surface area contributed by atoms with Crippen molar-refractivity contribution in [3.8, 4) is 0 Å². The van der Waals surface area contributed by atoms with Gasteiger partial charge in [-0.3, -0.25) is 9.11 Å². The van der Waals surface area contributed by atoms with Gasteiger partial charge in [-0.1, -0.05) is 18.2 Å². The van der Waals surface area contributed by atoms with Gasteiger partial charge in [-0.15, -0.1) is 10.2 Å². The number of nitrogens with zero attached hydrogens (tertiary/aromatic N) is 2. The second kappa shape index (κ2) is 7.06. The average molecular weight is 420 g/mol. The molecule has 0 radical (unpaired) electrons. The van der Waals surface area contributed by atoms with Gasteiger partial charge in [0.2, 0.25) is 0 Å². The van der Waals surface area contributed by atoms with Crippen LogP contribution in [0.2, 0.25) is 0 Å². The van der Waals surface area contributed by atoms with Gasteiger partial charge in [0.15, 0.2) is 0 Å². The normalized spacial score (nSPS) is 12.7. The van der Waals surface area contributed by atoms with Crippen molar-refractivity contribution in [2.24, 2.45) is 10.2 Å². The highest BCUT2D eigenvalue weighted by Crippen LogP contribution is 2.33. The maximum Gasteiger partial charge on any atom is 0.296 e. The van der Waals surface area contributed by atoms with Gasteiger partial charge in [-0.2, -0.15) is 16.8 Å². The molecule has 0 aromatic heterocycles. The Morgan fingerprint density at radius 3 is 2.04 bits per heavy atom. The summed E-state index contributed by atoms with van der Waals surface area (Å²) in [5.74, 6) is 0. The molecule has 0 aliphatic heterocycles. The molecule has 3 rings (SSSR count). The van der Waals surface area contributed by atoms with Gasteiger partial charge in [0.1, 0.15) is 10.6 Å². The first-order chi connectivity index (χ1) is 13.0. The molecule has 0 atom stereocenters. The van der Waals surface area contributed by atoms with Gasteiger partial charge in [0, 0.05) is 5.39 Å². The molecule has 2 N–H and O–H groups in total. The summed E-state index contributed by atoms with van der Waals surface area (Å²) in [6, 6.07) is 11.6. The fourth-order valence-corrected chi connectivity index (χ4v) is 3.85. The van der Waals surface area contributed by atoms with Crippen LogP contribution >= 0.6 is 0 Å². The van der Waals surface area contributed by atoms with Crippen molar-refractivity contribution in [2.45, 2.75) is 23.6 Å². The Hall–Kier alpha value is -2.66. The number of hydrogen-bond acceptors (Lipinski definition) is 6. The third-order valence-corrected chi connectivity index (χ3v) is 5.89. The highest BCUT2D eigenvalue weighted by atomic mass is 32.2. The Morgan fingerprint density at radius 1 is 0.714 bits per heavy atom. The van der Waals surface area contributed by atoms with Crippen molar-refractivity contribution in [2.75, 3.05) is 0 Å². The van der Waals surface area contributed by atoms with Crippen LogP contribution in [-0.2, 0) is 20.2 Å². The van der Waals surface area contributed by atoms with E-state index < -0.39 is 20.2 Å². The molecule has 0 amide bonds. The van der Waals surface area contributed by atoms with Crippen LogP contribution in [0.25, 0.3) is 10.8 Å². The number of azo groups is 1. The lowest BCUT2D eigenvalue weighted by atomic mass is 10.0. The van der Waals surface area contributed by atoms with E-state index in [4.69, 9.17) is 0 Å². The molecule has 0 bridgehead atoms. The summed E-state index contributed by atoms with van der Waals surface area (Å²) in [6.45, 7) is 3.51. The zero-order valence-corrected chi connectivity index (χ0v) is 16.5. The molecule has 0 saturated carbocycles.